The minimum absolute atomic E-state index is 0.148. The molecule has 2 heterocycles. The summed E-state index contributed by atoms with van der Waals surface area (Å²) in [5, 5.41) is 17.3. The van der Waals surface area contributed by atoms with Gasteiger partial charge in [0.25, 0.3) is 0 Å². The number of hydrogen-bond donors (Lipinski definition) is 2. The Labute approximate surface area is 159 Å². The molecule has 2 aromatic heterocycles. The maximum absolute atomic E-state index is 9.09. The molecule has 0 spiro atoms. The van der Waals surface area contributed by atoms with Crippen LogP contribution >= 0.6 is 0 Å². The van der Waals surface area contributed by atoms with Crippen LogP contribution in [-0.2, 0) is 6.42 Å². The van der Waals surface area contributed by atoms with Gasteiger partial charge in [-0.15, -0.1) is 0 Å². The molecule has 0 aliphatic heterocycles. The van der Waals surface area contributed by atoms with Crippen LogP contribution in [0.25, 0.3) is 16.9 Å². The van der Waals surface area contributed by atoms with Crippen LogP contribution in [0.2, 0.25) is 0 Å². The van der Waals surface area contributed by atoms with Crippen LogP contribution in [0.4, 0.5) is 5.82 Å². The zero-order valence-electron chi connectivity index (χ0n) is 16.2. The minimum Gasteiger partial charge on any atom is -0.497 e. The molecule has 144 valence electrons. The van der Waals surface area contributed by atoms with Crippen LogP contribution in [0.5, 0.6) is 11.5 Å². The van der Waals surface area contributed by atoms with Gasteiger partial charge in [0.05, 0.1) is 19.9 Å². The number of nitrogens with one attached hydrogen (secondary N) is 1. The molecule has 0 radical (unpaired) electrons. The van der Waals surface area contributed by atoms with Gasteiger partial charge in [-0.2, -0.15) is 9.61 Å². The van der Waals surface area contributed by atoms with Crippen molar-refractivity contribution in [2.75, 3.05) is 32.7 Å². The van der Waals surface area contributed by atoms with E-state index in [1.165, 1.54) is 0 Å². The standard InChI is InChI=1S/C20H26N4O3/c1-5-17-13(2)22-19-12-18(23-24(19)20(17)21-7-6-8-25)14-9-15(26-3)11-16(10-14)27-4/h9-12,21,25H,5-8H2,1-4H3. The smallest absolute Gasteiger partial charge is 0.158 e. The lowest BCUT2D eigenvalue weighted by Crippen LogP contribution is -2.13. The average Bonchev–Trinajstić information content (AvgIpc) is 3.11. The van der Waals surface area contributed by atoms with E-state index >= 15 is 0 Å². The topological polar surface area (TPSA) is 80.9 Å². The van der Waals surface area contributed by atoms with Gasteiger partial charge in [0.2, 0.25) is 0 Å². The van der Waals surface area contributed by atoms with Crippen LogP contribution < -0.4 is 14.8 Å². The first-order chi connectivity index (χ1) is 13.1. The normalized spacial score (nSPS) is 11.0. The largest absolute Gasteiger partial charge is 0.497 e. The average molecular weight is 370 g/mol. The van der Waals surface area contributed by atoms with E-state index in [2.05, 4.69) is 12.2 Å². The first-order valence-corrected chi connectivity index (χ1v) is 9.08. The summed E-state index contributed by atoms with van der Waals surface area (Å²) in [5.74, 6) is 2.34. The number of benzene rings is 1. The van der Waals surface area contributed by atoms with Crippen LogP contribution in [0.1, 0.15) is 24.6 Å². The van der Waals surface area contributed by atoms with E-state index in [0.717, 1.165) is 40.4 Å². The number of fused-ring (bicyclic) bond motifs is 1. The van der Waals surface area contributed by atoms with E-state index in [1.807, 2.05) is 35.7 Å². The molecule has 0 bridgehead atoms. The Morgan fingerprint density at radius 3 is 2.41 bits per heavy atom. The molecule has 3 rings (SSSR count). The minimum atomic E-state index is 0.148. The van der Waals surface area contributed by atoms with Crippen molar-refractivity contribution in [3.8, 4) is 22.8 Å². The van der Waals surface area contributed by atoms with E-state index < -0.39 is 0 Å². The van der Waals surface area contributed by atoms with Gasteiger partial charge in [-0.1, -0.05) is 6.92 Å². The number of nitrogens with zero attached hydrogens (tertiary/aromatic N) is 3. The number of aromatic nitrogens is 3. The van der Waals surface area contributed by atoms with Gasteiger partial charge >= 0.3 is 0 Å². The lowest BCUT2D eigenvalue weighted by atomic mass is 10.1. The summed E-state index contributed by atoms with van der Waals surface area (Å²) in [5.41, 5.74) is 4.56. The fourth-order valence-corrected chi connectivity index (χ4v) is 3.14. The molecule has 0 aliphatic carbocycles. The Balaban J connectivity index is 2.13. The van der Waals surface area contributed by atoms with E-state index in [-0.39, 0.29) is 6.61 Å². The molecule has 2 N–H and O–H groups in total. The zero-order valence-corrected chi connectivity index (χ0v) is 16.2. The summed E-state index contributed by atoms with van der Waals surface area (Å²) in [7, 11) is 3.26. The first kappa shape index (κ1) is 19.0. The highest BCUT2D eigenvalue weighted by Gasteiger charge is 2.15. The second-order valence-electron chi connectivity index (χ2n) is 6.28. The molecule has 0 saturated heterocycles. The maximum Gasteiger partial charge on any atom is 0.158 e. The summed E-state index contributed by atoms with van der Waals surface area (Å²) in [6.45, 7) is 4.93. The van der Waals surface area contributed by atoms with Crippen molar-refractivity contribution in [3.05, 3.63) is 35.5 Å². The molecule has 0 amide bonds. The number of methoxy groups -OCH3 is 2. The van der Waals surface area contributed by atoms with Gasteiger partial charge < -0.3 is 19.9 Å². The van der Waals surface area contributed by atoms with Crippen molar-refractivity contribution in [3.63, 3.8) is 0 Å². The lowest BCUT2D eigenvalue weighted by Gasteiger charge is -2.14. The Hall–Kier alpha value is -2.80. The molecule has 0 fully saturated rings. The van der Waals surface area contributed by atoms with Gasteiger partial charge in [0.15, 0.2) is 5.65 Å². The van der Waals surface area contributed by atoms with Crippen molar-refractivity contribution in [1.29, 1.82) is 0 Å². The SMILES string of the molecule is CCc1c(C)nc2cc(-c3cc(OC)cc(OC)c3)nn2c1NCCCO. The monoisotopic (exact) mass is 370 g/mol. The molecule has 27 heavy (non-hydrogen) atoms. The summed E-state index contributed by atoms with van der Waals surface area (Å²) >= 11 is 0. The Morgan fingerprint density at radius 2 is 1.81 bits per heavy atom. The summed E-state index contributed by atoms with van der Waals surface area (Å²) in [6, 6.07) is 7.64. The number of hydrogen-bond acceptors (Lipinski definition) is 6. The molecule has 0 saturated carbocycles. The molecular weight excluding hydrogens is 344 g/mol. The second kappa shape index (κ2) is 8.26. The van der Waals surface area contributed by atoms with Crippen molar-refractivity contribution >= 4 is 11.5 Å². The van der Waals surface area contributed by atoms with Crippen molar-refractivity contribution in [1.82, 2.24) is 14.6 Å². The molecule has 0 aliphatic rings. The highest BCUT2D eigenvalue weighted by molar-refractivity contribution is 5.69. The summed E-state index contributed by atoms with van der Waals surface area (Å²) < 4.78 is 12.6. The highest BCUT2D eigenvalue weighted by atomic mass is 16.5. The van der Waals surface area contributed by atoms with Crippen LogP contribution in [0.3, 0.4) is 0 Å². The van der Waals surface area contributed by atoms with E-state index in [1.54, 1.807) is 14.2 Å². The first-order valence-electron chi connectivity index (χ1n) is 9.08. The van der Waals surface area contributed by atoms with Gasteiger partial charge in [-0.25, -0.2) is 4.98 Å². The molecule has 7 nitrogen and oxygen atoms in total. The molecule has 3 aromatic rings. The fourth-order valence-electron chi connectivity index (χ4n) is 3.14. The summed E-state index contributed by atoms with van der Waals surface area (Å²) in [4.78, 5) is 4.72. The Bertz CT molecular complexity index is 914. The Kier molecular flexibility index (Phi) is 5.81. The fraction of sp³-hybridized carbons (Fsp3) is 0.400. The predicted octanol–water partition coefficient (Wildman–Crippen LogP) is 3.08. The predicted molar refractivity (Wildman–Crippen MR) is 106 cm³/mol. The maximum atomic E-state index is 9.09. The zero-order chi connectivity index (χ0) is 19.4. The Morgan fingerprint density at radius 1 is 1.11 bits per heavy atom. The molecular formula is C20H26N4O3. The highest BCUT2D eigenvalue weighted by Crippen LogP contribution is 2.31. The van der Waals surface area contributed by atoms with Crippen LogP contribution in [0.15, 0.2) is 24.3 Å². The third kappa shape index (κ3) is 3.83. The van der Waals surface area contributed by atoms with E-state index in [0.29, 0.717) is 24.5 Å². The lowest BCUT2D eigenvalue weighted by molar-refractivity contribution is 0.292. The second-order valence-corrected chi connectivity index (χ2v) is 6.28. The van der Waals surface area contributed by atoms with Gasteiger partial charge in [0.1, 0.15) is 17.3 Å². The van der Waals surface area contributed by atoms with Gasteiger partial charge in [-0.3, -0.25) is 0 Å². The van der Waals surface area contributed by atoms with Crippen molar-refractivity contribution in [2.45, 2.75) is 26.7 Å². The quantitative estimate of drug-likeness (QED) is 0.593. The van der Waals surface area contributed by atoms with E-state index in [4.69, 9.17) is 24.7 Å². The van der Waals surface area contributed by atoms with Gasteiger partial charge in [-0.05, 0) is 31.9 Å². The third-order valence-corrected chi connectivity index (χ3v) is 4.54. The number of anilines is 1. The van der Waals surface area contributed by atoms with Crippen LogP contribution in [-0.4, -0.2) is 47.1 Å². The third-order valence-electron chi connectivity index (χ3n) is 4.54. The van der Waals surface area contributed by atoms with Crippen LogP contribution in [0, 0.1) is 6.92 Å². The number of aryl methyl sites for hydroxylation is 1. The number of aliphatic hydroxyl groups is 1. The van der Waals surface area contributed by atoms with E-state index in [9.17, 15) is 0 Å². The molecule has 0 unspecified atom stereocenters. The van der Waals surface area contributed by atoms with Crippen molar-refractivity contribution < 1.29 is 14.6 Å². The number of aliphatic hydroxyl groups excluding tert-OH is 1. The van der Waals surface area contributed by atoms with Crippen molar-refractivity contribution in [2.24, 2.45) is 0 Å². The molecule has 7 heteroatoms. The molecule has 1 aromatic carbocycles. The number of ether oxygens (including phenoxy) is 2. The molecule has 0 atom stereocenters. The number of rotatable bonds is 8. The van der Waals surface area contributed by atoms with Gasteiger partial charge in [0, 0.05) is 42.1 Å². The summed E-state index contributed by atoms with van der Waals surface area (Å²) in [6.07, 6.45) is 1.52.